The zero-order valence-electron chi connectivity index (χ0n) is 13.9. The Morgan fingerprint density at radius 1 is 1.28 bits per heavy atom. The monoisotopic (exact) mass is 342 g/mol. The van der Waals surface area contributed by atoms with Gasteiger partial charge in [0.25, 0.3) is 5.91 Å². The average Bonchev–Trinajstić information content (AvgIpc) is 3.27. The van der Waals surface area contributed by atoms with Crippen molar-refractivity contribution in [2.75, 3.05) is 20.3 Å². The van der Waals surface area contributed by atoms with Crippen molar-refractivity contribution < 1.29 is 13.9 Å². The molecule has 0 saturated heterocycles. The number of rotatable bonds is 7. The smallest absolute Gasteiger partial charge is 0.256 e. The molecule has 2 heterocycles. The summed E-state index contributed by atoms with van der Waals surface area (Å²) in [6, 6.07) is 9.79. The van der Waals surface area contributed by atoms with Gasteiger partial charge < -0.3 is 14.6 Å². The molecule has 2 aromatic heterocycles. The van der Waals surface area contributed by atoms with Gasteiger partial charge in [-0.1, -0.05) is 6.07 Å². The number of carbonyl (C=O) groups excluding carboxylic acids is 1. The summed E-state index contributed by atoms with van der Waals surface area (Å²) in [5, 5.41) is 7.15. The minimum atomic E-state index is -0.364. The van der Waals surface area contributed by atoms with E-state index in [-0.39, 0.29) is 11.7 Å². The van der Waals surface area contributed by atoms with Gasteiger partial charge in [0.1, 0.15) is 11.4 Å². The van der Waals surface area contributed by atoms with E-state index in [1.54, 1.807) is 28.5 Å². The van der Waals surface area contributed by atoms with Gasteiger partial charge in [0.2, 0.25) is 0 Å². The third kappa shape index (κ3) is 3.77. The number of carbonyl (C=O) groups is 1. The zero-order chi connectivity index (χ0) is 17.6. The first kappa shape index (κ1) is 16.9. The Labute approximate surface area is 144 Å². The lowest BCUT2D eigenvalue weighted by atomic mass is 10.2. The summed E-state index contributed by atoms with van der Waals surface area (Å²) >= 11 is 0. The van der Waals surface area contributed by atoms with Crippen LogP contribution in [0, 0.1) is 5.82 Å². The van der Waals surface area contributed by atoms with Crippen molar-refractivity contribution in [2.24, 2.45) is 0 Å². The number of amides is 1. The fourth-order valence-electron chi connectivity index (χ4n) is 2.54. The van der Waals surface area contributed by atoms with Gasteiger partial charge in [0.05, 0.1) is 11.9 Å². The number of ether oxygens (including phenoxy) is 1. The Balaban J connectivity index is 1.95. The molecule has 25 heavy (non-hydrogen) atoms. The van der Waals surface area contributed by atoms with Crippen LogP contribution in [0.5, 0.6) is 0 Å². The first-order valence-corrected chi connectivity index (χ1v) is 7.95. The maximum atomic E-state index is 13.6. The van der Waals surface area contributed by atoms with Gasteiger partial charge in [-0.3, -0.25) is 4.79 Å². The van der Waals surface area contributed by atoms with E-state index in [1.165, 1.54) is 18.3 Å². The van der Waals surface area contributed by atoms with Gasteiger partial charge in [-0.25, -0.2) is 9.07 Å². The molecule has 3 rings (SSSR count). The Bertz CT molecular complexity index is 843. The summed E-state index contributed by atoms with van der Waals surface area (Å²) in [7, 11) is 1.62. The highest BCUT2D eigenvalue weighted by atomic mass is 19.1. The lowest BCUT2D eigenvalue weighted by molar-refractivity contribution is 0.0948. The molecule has 3 aromatic rings. The van der Waals surface area contributed by atoms with E-state index in [9.17, 15) is 9.18 Å². The molecule has 0 saturated carbocycles. The first-order chi connectivity index (χ1) is 12.2. The molecule has 7 heteroatoms. The number of benzene rings is 1. The minimum absolute atomic E-state index is 0.234. The lowest BCUT2D eigenvalue weighted by Gasteiger charge is -2.11. The predicted molar refractivity (Wildman–Crippen MR) is 91.7 cm³/mol. The molecule has 0 spiro atoms. The van der Waals surface area contributed by atoms with Crippen molar-refractivity contribution in [3.05, 3.63) is 66.4 Å². The molecular weight excluding hydrogens is 323 g/mol. The number of nitrogens with zero attached hydrogens (tertiary/aromatic N) is 3. The fraction of sp³-hybridized carbons (Fsp3) is 0.222. The van der Waals surface area contributed by atoms with Gasteiger partial charge in [0.15, 0.2) is 5.82 Å². The van der Waals surface area contributed by atoms with Gasteiger partial charge in [-0.05, 0) is 36.8 Å². The molecule has 0 aliphatic carbocycles. The summed E-state index contributed by atoms with van der Waals surface area (Å²) in [5.41, 5.74) is 0.958. The largest absolute Gasteiger partial charge is 0.385 e. The van der Waals surface area contributed by atoms with Crippen LogP contribution in [0.4, 0.5) is 4.39 Å². The Morgan fingerprint density at radius 3 is 2.80 bits per heavy atom. The third-order valence-electron chi connectivity index (χ3n) is 3.70. The third-order valence-corrected chi connectivity index (χ3v) is 3.70. The van der Waals surface area contributed by atoms with Crippen LogP contribution in [0.2, 0.25) is 0 Å². The number of methoxy groups -OCH3 is 1. The van der Waals surface area contributed by atoms with Gasteiger partial charge >= 0.3 is 0 Å². The van der Waals surface area contributed by atoms with Gasteiger partial charge in [-0.2, -0.15) is 5.10 Å². The van der Waals surface area contributed by atoms with Crippen molar-refractivity contribution in [1.29, 1.82) is 0 Å². The van der Waals surface area contributed by atoms with Crippen molar-refractivity contribution in [1.82, 2.24) is 19.7 Å². The van der Waals surface area contributed by atoms with Crippen molar-refractivity contribution in [3.8, 4) is 11.5 Å². The van der Waals surface area contributed by atoms with Crippen LogP contribution in [0.15, 0.2) is 55.0 Å². The first-order valence-electron chi connectivity index (χ1n) is 7.95. The zero-order valence-corrected chi connectivity index (χ0v) is 13.9. The molecule has 0 aliphatic heterocycles. The van der Waals surface area contributed by atoms with E-state index >= 15 is 0 Å². The van der Waals surface area contributed by atoms with E-state index < -0.39 is 0 Å². The molecule has 1 aromatic carbocycles. The van der Waals surface area contributed by atoms with E-state index in [0.717, 1.165) is 6.42 Å². The van der Waals surface area contributed by atoms with Crippen LogP contribution in [0.1, 0.15) is 16.8 Å². The summed E-state index contributed by atoms with van der Waals surface area (Å²) in [6.07, 6.45) is 5.84. The Morgan fingerprint density at radius 2 is 2.08 bits per heavy atom. The predicted octanol–water partition coefficient (Wildman–Crippen LogP) is 2.57. The van der Waals surface area contributed by atoms with E-state index in [2.05, 4.69) is 10.4 Å². The molecule has 0 atom stereocenters. The van der Waals surface area contributed by atoms with Crippen molar-refractivity contribution in [3.63, 3.8) is 0 Å². The Hall–Kier alpha value is -2.93. The second-order valence-corrected chi connectivity index (χ2v) is 5.47. The van der Waals surface area contributed by atoms with Gasteiger partial charge in [0, 0.05) is 32.7 Å². The quantitative estimate of drug-likeness (QED) is 0.671. The van der Waals surface area contributed by atoms with Crippen LogP contribution in [-0.4, -0.2) is 40.5 Å². The van der Waals surface area contributed by atoms with Gasteiger partial charge in [-0.15, -0.1) is 0 Å². The van der Waals surface area contributed by atoms with Crippen LogP contribution in [-0.2, 0) is 4.74 Å². The molecule has 0 aliphatic rings. The second kappa shape index (κ2) is 7.76. The summed E-state index contributed by atoms with van der Waals surface area (Å²) < 4.78 is 21.9. The summed E-state index contributed by atoms with van der Waals surface area (Å²) in [5.74, 6) is -0.0423. The maximum Gasteiger partial charge on any atom is 0.256 e. The minimum Gasteiger partial charge on any atom is -0.385 e. The van der Waals surface area contributed by atoms with Crippen LogP contribution >= 0.6 is 0 Å². The van der Waals surface area contributed by atoms with Crippen LogP contribution in [0.3, 0.4) is 0 Å². The van der Waals surface area contributed by atoms with Crippen molar-refractivity contribution in [2.45, 2.75) is 6.42 Å². The molecule has 1 amide bonds. The molecule has 6 nitrogen and oxygen atoms in total. The number of aromatic nitrogens is 3. The van der Waals surface area contributed by atoms with Crippen molar-refractivity contribution >= 4 is 5.91 Å². The highest BCUT2D eigenvalue weighted by Gasteiger charge is 2.19. The Kier molecular flexibility index (Phi) is 5.25. The van der Waals surface area contributed by atoms with Crippen LogP contribution in [0.25, 0.3) is 11.5 Å². The number of hydrogen-bond donors (Lipinski definition) is 1. The van der Waals surface area contributed by atoms with E-state index in [4.69, 9.17) is 4.74 Å². The molecule has 0 radical (unpaired) electrons. The lowest BCUT2D eigenvalue weighted by Crippen LogP contribution is -2.26. The SMILES string of the molecule is COCCCNC(=O)c1cnn(-c2cccc(F)c2)c1-n1cccc1. The van der Waals surface area contributed by atoms with Crippen LogP contribution < -0.4 is 5.32 Å². The molecular formula is C18H19FN4O2. The molecule has 1 N–H and O–H groups in total. The molecule has 0 bridgehead atoms. The number of nitrogens with one attached hydrogen (secondary N) is 1. The number of halogens is 1. The van der Waals surface area contributed by atoms with E-state index in [1.807, 2.05) is 24.5 Å². The second-order valence-electron chi connectivity index (χ2n) is 5.47. The van der Waals surface area contributed by atoms with E-state index in [0.29, 0.717) is 30.2 Å². The summed E-state index contributed by atoms with van der Waals surface area (Å²) in [4.78, 5) is 12.5. The fourth-order valence-corrected chi connectivity index (χ4v) is 2.54. The topological polar surface area (TPSA) is 61.1 Å². The maximum absolute atomic E-state index is 13.6. The molecule has 130 valence electrons. The normalized spacial score (nSPS) is 10.8. The standard InChI is InChI=1S/C18H19FN4O2/c1-25-11-5-8-20-17(24)16-13-21-23(15-7-4-6-14(19)12-15)18(16)22-9-2-3-10-22/h2-4,6-7,9-10,12-13H,5,8,11H2,1H3,(H,20,24). The molecule has 0 fully saturated rings. The summed E-state index contributed by atoms with van der Waals surface area (Å²) in [6.45, 7) is 1.08. The average molecular weight is 342 g/mol. The highest BCUT2D eigenvalue weighted by Crippen LogP contribution is 2.20. The highest BCUT2D eigenvalue weighted by molar-refractivity contribution is 5.97. The molecule has 0 unspecified atom stereocenters. The number of hydrogen-bond acceptors (Lipinski definition) is 3.